The lowest BCUT2D eigenvalue weighted by molar-refractivity contribution is -0.150. The number of anilines is 1. The molecule has 0 bridgehead atoms. The van der Waals surface area contributed by atoms with Gasteiger partial charge in [-0.25, -0.2) is 13.6 Å². The summed E-state index contributed by atoms with van der Waals surface area (Å²) in [6, 6.07) is 8.52. The van der Waals surface area contributed by atoms with Crippen LogP contribution in [0.4, 0.5) is 14.5 Å². The second-order valence-electron chi connectivity index (χ2n) is 6.84. The first-order valence-electron chi connectivity index (χ1n) is 8.96. The zero-order valence-electron chi connectivity index (χ0n) is 16.3. The average Bonchev–Trinajstić information content (AvgIpc) is 2.66. The van der Waals surface area contributed by atoms with Crippen LogP contribution in [0.2, 0.25) is 0 Å². The average molecular weight is 404 g/mol. The largest absolute Gasteiger partial charge is 0.454 e. The maximum Gasteiger partial charge on any atom is 0.329 e. The first-order chi connectivity index (χ1) is 13.7. The van der Waals surface area contributed by atoms with Crippen LogP contribution in [-0.2, 0) is 14.3 Å². The summed E-state index contributed by atoms with van der Waals surface area (Å²) in [7, 11) is 0. The molecular weight excluding hydrogens is 382 g/mol. The molecule has 8 heteroatoms. The summed E-state index contributed by atoms with van der Waals surface area (Å²) in [6.45, 7) is 4.64. The number of ether oxygens (including phenoxy) is 1. The van der Waals surface area contributed by atoms with Crippen molar-refractivity contribution in [2.75, 3.05) is 11.9 Å². The van der Waals surface area contributed by atoms with Gasteiger partial charge in [0.2, 0.25) is 0 Å². The van der Waals surface area contributed by atoms with Crippen molar-refractivity contribution in [1.82, 2.24) is 5.32 Å². The molecule has 0 spiro atoms. The fourth-order valence-electron chi connectivity index (χ4n) is 2.43. The van der Waals surface area contributed by atoms with E-state index in [9.17, 15) is 23.2 Å². The smallest absolute Gasteiger partial charge is 0.329 e. The second kappa shape index (κ2) is 9.77. The molecule has 2 rings (SSSR count). The molecule has 2 amide bonds. The lowest BCUT2D eigenvalue weighted by atomic mass is 10.0. The summed E-state index contributed by atoms with van der Waals surface area (Å²) in [5.74, 6) is -4.06. The Hall–Kier alpha value is -3.29. The first-order valence-corrected chi connectivity index (χ1v) is 8.96. The number of carbonyl (C=O) groups excluding carboxylic acids is 3. The number of hydrogen-bond donors (Lipinski definition) is 2. The summed E-state index contributed by atoms with van der Waals surface area (Å²) in [6.07, 6.45) is 0. The number of halogens is 2. The fourth-order valence-corrected chi connectivity index (χ4v) is 2.43. The molecule has 6 nitrogen and oxygen atoms in total. The molecule has 2 N–H and O–H groups in total. The highest BCUT2D eigenvalue weighted by Crippen LogP contribution is 2.15. The zero-order chi connectivity index (χ0) is 21.6. The molecule has 0 aliphatic carbocycles. The number of nitrogens with one attached hydrogen (secondary N) is 2. The van der Waals surface area contributed by atoms with Crippen LogP contribution < -0.4 is 10.6 Å². The molecule has 2 aromatic rings. The minimum Gasteiger partial charge on any atom is -0.454 e. The number of aryl methyl sites for hydroxylation is 1. The number of rotatable bonds is 7. The highest BCUT2D eigenvalue weighted by molar-refractivity contribution is 5.97. The third-order valence-corrected chi connectivity index (χ3v) is 4.07. The van der Waals surface area contributed by atoms with E-state index in [0.717, 1.165) is 17.7 Å². The standard InChI is InChI=1S/C21H22F2N2O4/c1-12(2)19(25-20(27)14-6-4-13(3)5-7-14)21(28)29-11-18(26)24-17-9-8-15(22)10-16(17)23/h4-10,12,19H,11H2,1-3H3,(H,24,26)(H,25,27). The molecule has 29 heavy (non-hydrogen) atoms. The van der Waals surface area contributed by atoms with Crippen molar-refractivity contribution in [3.63, 3.8) is 0 Å². The summed E-state index contributed by atoms with van der Waals surface area (Å²) in [5, 5.41) is 4.78. The molecule has 0 saturated heterocycles. The minimum absolute atomic E-state index is 0.236. The number of amides is 2. The molecule has 0 aliphatic heterocycles. The molecule has 154 valence electrons. The van der Waals surface area contributed by atoms with E-state index >= 15 is 0 Å². The summed E-state index contributed by atoms with van der Waals surface area (Å²) < 4.78 is 31.4. The molecule has 0 aliphatic rings. The molecule has 1 atom stereocenters. The van der Waals surface area contributed by atoms with Crippen LogP contribution >= 0.6 is 0 Å². The SMILES string of the molecule is Cc1ccc(C(=O)NC(C(=O)OCC(=O)Nc2ccc(F)cc2F)C(C)C)cc1. The molecule has 0 radical (unpaired) electrons. The van der Waals surface area contributed by atoms with E-state index in [1.54, 1.807) is 38.1 Å². The van der Waals surface area contributed by atoms with Gasteiger partial charge in [0, 0.05) is 11.6 Å². The van der Waals surface area contributed by atoms with Crippen LogP contribution in [0.15, 0.2) is 42.5 Å². The second-order valence-corrected chi connectivity index (χ2v) is 6.84. The quantitative estimate of drug-likeness (QED) is 0.694. The highest BCUT2D eigenvalue weighted by atomic mass is 19.1. The Morgan fingerprint density at radius 1 is 1.03 bits per heavy atom. The fraction of sp³-hybridized carbons (Fsp3) is 0.286. The Kier molecular flexibility index (Phi) is 7.41. The Bertz CT molecular complexity index is 898. The van der Waals surface area contributed by atoms with Crippen molar-refractivity contribution < 1.29 is 27.9 Å². The first kappa shape index (κ1) is 22.0. The van der Waals surface area contributed by atoms with Gasteiger partial charge in [-0.3, -0.25) is 9.59 Å². The van der Waals surface area contributed by atoms with Crippen molar-refractivity contribution >= 4 is 23.5 Å². The van der Waals surface area contributed by atoms with Crippen LogP contribution in [0.25, 0.3) is 0 Å². The van der Waals surface area contributed by atoms with Gasteiger partial charge in [0.25, 0.3) is 11.8 Å². The summed E-state index contributed by atoms with van der Waals surface area (Å²) >= 11 is 0. The molecule has 1 unspecified atom stereocenters. The molecule has 0 fully saturated rings. The van der Waals surface area contributed by atoms with Gasteiger partial charge in [-0.15, -0.1) is 0 Å². The van der Waals surface area contributed by atoms with Crippen molar-refractivity contribution in [3.8, 4) is 0 Å². The number of esters is 1. The van der Waals surface area contributed by atoms with Crippen molar-refractivity contribution in [1.29, 1.82) is 0 Å². The number of carbonyl (C=O) groups is 3. The Morgan fingerprint density at radius 3 is 2.28 bits per heavy atom. The lowest BCUT2D eigenvalue weighted by Crippen LogP contribution is -2.45. The number of hydrogen-bond acceptors (Lipinski definition) is 4. The predicted molar refractivity (Wildman–Crippen MR) is 103 cm³/mol. The molecule has 0 aromatic heterocycles. The van der Waals surface area contributed by atoms with Gasteiger partial charge in [0.15, 0.2) is 6.61 Å². The summed E-state index contributed by atoms with van der Waals surface area (Å²) in [5.41, 5.74) is 1.14. The van der Waals surface area contributed by atoms with Crippen LogP contribution in [-0.4, -0.2) is 30.4 Å². The Morgan fingerprint density at radius 2 is 1.69 bits per heavy atom. The van der Waals surface area contributed by atoms with Crippen LogP contribution in [0.1, 0.15) is 29.8 Å². The Balaban J connectivity index is 1.94. The maximum atomic E-state index is 13.6. The van der Waals surface area contributed by atoms with Gasteiger partial charge in [-0.2, -0.15) is 0 Å². The molecule has 0 saturated carbocycles. The van der Waals surface area contributed by atoms with Gasteiger partial charge in [0.05, 0.1) is 5.69 Å². The van der Waals surface area contributed by atoms with Crippen molar-refractivity contribution in [2.45, 2.75) is 26.8 Å². The highest BCUT2D eigenvalue weighted by Gasteiger charge is 2.27. The lowest BCUT2D eigenvalue weighted by Gasteiger charge is -2.21. The molecule has 2 aromatic carbocycles. The van der Waals surface area contributed by atoms with Gasteiger partial charge >= 0.3 is 5.97 Å². The van der Waals surface area contributed by atoms with Gasteiger partial charge in [0.1, 0.15) is 17.7 Å². The predicted octanol–water partition coefficient (Wildman–Crippen LogP) is 3.21. The minimum atomic E-state index is -0.973. The van der Waals surface area contributed by atoms with E-state index in [1.807, 2.05) is 6.92 Å². The van der Waals surface area contributed by atoms with E-state index in [0.29, 0.717) is 11.6 Å². The Labute approximate surface area is 167 Å². The van der Waals surface area contributed by atoms with E-state index < -0.39 is 42.1 Å². The monoisotopic (exact) mass is 404 g/mol. The molecular formula is C21H22F2N2O4. The normalized spacial score (nSPS) is 11.7. The van der Waals surface area contributed by atoms with Gasteiger partial charge < -0.3 is 15.4 Å². The van der Waals surface area contributed by atoms with E-state index in [2.05, 4.69) is 10.6 Å². The van der Waals surface area contributed by atoms with E-state index in [1.165, 1.54) is 0 Å². The summed E-state index contributed by atoms with van der Waals surface area (Å²) in [4.78, 5) is 36.6. The van der Waals surface area contributed by atoms with Gasteiger partial charge in [-0.05, 0) is 37.1 Å². The van der Waals surface area contributed by atoms with Crippen molar-refractivity contribution in [2.24, 2.45) is 5.92 Å². The number of benzene rings is 2. The van der Waals surface area contributed by atoms with Crippen LogP contribution in [0, 0.1) is 24.5 Å². The maximum absolute atomic E-state index is 13.6. The molecule has 0 heterocycles. The van der Waals surface area contributed by atoms with Crippen molar-refractivity contribution in [3.05, 3.63) is 65.2 Å². The van der Waals surface area contributed by atoms with Gasteiger partial charge in [-0.1, -0.05) is 31.5 Å². The van der Waals surface area contributed by atoms with Crippen LogP contribution in [0.5, 0.6) is 0 Å². The third kappa shape index (κ3) is 6.38. The topological polar surface area (TPSA) is 84.5 Å². The van der Waals surface area contributed by atoms with E-state index in [-0.39, 0.29) is 11.6 Å². The third-order valence-electron chi connectivity index (χ3n) is 4.07. The zero-order valence-corrected chi connectivity index (χ0v) is 16.3. The van der Waals surface area contributed by atoms with E-state index in [4.69, 9.17) is 4.74 Å². The van der Waals surface area contributed by atoms with Crippen LogP contribution in [0.3, 0.4) is 0 Å².